The summed E-state index contributed by atoms with van der Waals surface area (Å²) in [7, 11) is 0. The molecule has 0 N–H and O–H groups in total. The minimum atomic E-state index is -1.10. The average molecular weight is 232 g/mol. The van der Waals surface area contributed by atoms with Crippen LogP contribution in [0.25, 0.3) is 0 Å². The smallest absolute Gasteiger partial charge is 0.0484 e. The van der Waals surface area contributed by atoms with Crippen molar-refractivity contribution < 1.29 is 19.8 Å². The summed E-state index contributed by atoms with van der Waals surface area (Å²) in [5.41, 5.74) is -0.823. The number of carbonyl (C=O) groups excluding carboxylic acids is 2. The van der Waals surface area contributed by atoms with Gasteiger partial charge in [0, 0.05) is 23.1 Å². The van der Waals surface area contributed by atoms with Crippen LogP contribution in [0.2, 0.25) is 0 Å². The average Bonchev–Trinajstić information content (AvgIpc) is 2.18. The van der Waals surface area contributed by atoms with Gasteiger partial charge in [0.25, 0.3) is 0 Å². The lowest BCUT2D eigenvalue weighted by atomic mass is 9.85. The maximum absolute atomic E-state index is 11.0. The third-order valence-corrected chi connectivity index (χ3v) is 3.86. The van der Waals surface area contributed by atoms with Gasteiger partial charge in [0.1, 0.15) is 0 Å². The SMILES string of the molecule is CCC(CC)(CSCCC(=O)[O-])C(=O)[O-]. The maximum Gasteiger partial charge on any atom is 0.0484 e. The predicted octanol–water partition coefficient (Wildman–Crippen LogP) is -0.584. The molecular formula is C10H16O4S-2. The van der Waals surface area contributed by atoms with Crippen LogP contribution in [0, 0.1) is 5.41 Å². The lowest BCUT2D eigenvalue weighted by Crippen LogP contribution is -2.43. The van der Waals surface area contributed by atoms with E-state index in [2.05, 4.69) is 0 Å². The van der Waals surface area contributed by atoms with Crippen molar-refractivity contribution in [3.05, 3.63) is 0 Å². The summed E-state index contributed by atoms with van der Waals surface area (Å²) in [5, 5.41) is 21.1. The van der Waals surface area contributed by atoms with E-state index in [9.17, 15) is 19.8 Å². The van der Waals surface area contributed by atoms with E-state index in [1.54, 1.807) is 13.8 Å². The van der Waals surface area contributed by atoms with E-state index in [1.807, 2.05) is 0 Å². The Balaban J connectivity index is 4.07. The van der Waals surface area contributed by atoms with Crippen LogP contribution in [0.4, 0.5) is 0 Å². The summed E-state index contributed by atoms with van der Waals surface area (Å²) in [6, 6.07) is 0. The van der Waals surface area contributed by atoms with Crippen molar-refractivity contribution in [2.75, 3.05) is 11.5 Å². The molecule has 0 aromatic rings. The van der Waals surface area contributed by atoms with Gasteiger partial charge >= 0.3 is 0 Å². The Hall–Kier alpha value is -0.710. The molecule has 0 aromatic heterocycles. The van der Waals surface area contributed by atoms with Gasteiger partial charge in [-0.3, -0.25) is 0 Å². The molecule has 0 bridgehead atoms. The highest BCUT2D eigenvalue weighted by Gasteiger charge is 2.27. The summed E-state index contributed by atoms with van der Waals surface area (Å²) < 4.78 is 0. The van der Waals surface area contributed by atoms with E-state index in [0.29, 0.717) is 24.3 Å². The molecule has 0 rings (SSSR count). The van der Waals surface area contributed by atoms with Gasteiger partial charge in [-0.25, -0.2) is 0 Å². The number of aliphatic carboxylic acids is 2. The van der Waals surface area contributed by atoms with Gasteiger partial charge in [0.2, 0.25) is 0 Å². The molecule has 0 saturated heterocycles. The van der Waals surface area contributed by atoms with Crippen LogP contribution in [0.3, 0.4) is 0 Å². The lowest BCUT2D eigenvalue weighted by molar-refractivity contribution is -0.318. The van der Waals surface area contributed by atoms with E-state index in [4.69, 9.17) is 0 Å². The Labute approximate surface area is 94.1 Å². The van der Waals surface area contributed by atoms with Crippen molar-refractivity contribution >= 4 is 23.7 Å². The van der Waals surface area contributed by atoms with Gasteiger partial charge in [-0.05, 0) is 25.0 Å². The highest BCUT2D eigenvalue weighted by atomic mass is 32.2. The molecule has 0 spiro atoms. The Bertz CT molecular complexity index is 223. The van der Waals surface area contributed by atoms with Crippen molar-refractivity contribution in [2.45, 2.75) is 33.1 Å². The molecule has 0 radical (unpaired) electrons. The highest BCUT2D eigenvalue weighted by molar-refractivity contribution is 7.99. The fourth-order valence-corrected chi connectivity index (χ4v) is 2.60. The van der Waals surface area contributed by atoms with Crippen LogP contribution in [-0.4, -0.2) is 23.4 Å². The van der Waals surface area contributed by atoms with Crippen molar-refractivity contribution in [3.63, 3.8) is 0 Å². The third kappa shape index (κ3) is 4.55. The van der Waals surface area contributed by atoms with Crippen LogP contribution < -0.4 is 10.2 Å². The molecule has 0 aliphatic carbocycles. The van der Waals surface area contributed by atoms with Crippen LogP contribution in [0.5, 0.6) is 0 Å². The van der Waals surface area contributed by atoms with Crippen LogP contribution in [0.15, 0.2) is 0 Å². The van der Waals surface area contributed by atoms with Gasteiger partial charge in [0.15, 0.2) is 0 Å². The molecule has 15 heavy (non-hydrogen) atoms. The zero-order valence-corrected chi connectivity index (χ0v) is 9.89. The first-order valence-corrected chi connectivity index (χ1v) is 6.13. The van der Waals surface area contributed by atoms with Crippen LogP contribution in [0.1, 0.15) is 33.1 Å². The molecule has 4 nitrogen and oxygen atoms in total. The standard InChI is InChI=1S/C10H18O4S/c1-3-10(4-2,9(13)14)7-15-6-5-8(11)12/h3-7H2,1-2H3,(H,11,12)(H,13,14)/p-2. The molecule has 0 unspecified atom stereocenters. The molecule has 0 atom stereocenters. The molecule has 0 fully saturated rings. The van der Waals surface area contributed by atoms with Gasteiger partial charge in [-0.15, -0.1) is 0 Å². The first-order chi connectivity index (χ1) is 6.98. The third-order valence-electron chi connectivity index (χ3n) is 2.62. The van der Waals surface area contributed by atoms with Gasteiger partial charge in [-0.1, -0.05) is 13.8 Å². The molecule has 0 aliphatic rings. The van der Waals surface area contributed by atoms with Gasteiger partial charge < -0.3 is 19.8 Å². The molecule has 0 heterocycles. The lowest BCUT2D eigenvalue weighted by Gasteiger charge is -2.32. The summed E-state index contributed by atoms with van der Waals surface area (Å²) >= 11 is 1.32. The van der Waals surface area contributed by atoms with E-state index >= 15 is 0 Å². The van der Waals surface area contributed by atoms with Crippen molar-refractivity contribution in [1.82, 2.24) is 0 Å². The molecule has 0 aliphatic heterocycles. The van der Waals surface area contributed by atoms with Crippen molar-refractivity contribution in [2.24, 2.45) is 5.41 Å². The monoisotopic (exact) mass is 232 g/mol. The summed E-state index contributed by atoms with van der Waals surface area (Å²) in [5.74, 6) is -1.37. The summed E-state index contributed by atoms with van der Waals surface area (Å²) in [6.07, 6.45) is 0.968. The summed E-state index contributed by atoms with van der Waals surface area (Å²) in [4.78, 5) is 21.1. The summed E-state index contributed by atoms with van der Waals surface area (Å²) in [6.45, 7) is 3.61. The quantitative estimate of drug-likeness (QED) is 0.523. The zero-order chi connectivity index (χ0) is 11.9. The molecular weight excluding hydrogens is 216 g/mol. The molecule has 88 valence electrons. The second-order valence-electron chi connectivity index (χ2n) is 3.45. The molecule has 0 amide bonds. The first kappa shape index (κ1) is 14.3. The van der Waals surface area contributed by atoms with E-state index in [-0.39, 0.29) is 6.42 Å². The van der Waals surface area contributed by atoms with Gasteiger partial charge in [-0.2, -0.15) is 11.8 Å². The Kier molecular flexibility index (Phi) is 6.40. The second-order valence-corrected chi connectivity index (χ2v) is 4.55. The van der Waals surface area contributed by atoms with Crippen molar-refractivity contribution in [1.29, 1.82) is 0 Å². The number of rotatable bonds is 8. The minimum Gasteiger partial charge on any atom is -0.550 e. The normalized spacial score (nSPS) is 11.3. The highest BCUT2D eigenvalue weighted by Crippen LogP contribution is 2.30. The number of hydrogen-bond acceptors (Lipinski definition) is 5. The molecule has 0 saturated carbocycles. The first-order valence-electron chi connectivity index (χ1n) is 4.97. The van der Waals surface area contributed by atoms with Crippen LogP contribution >= 0.6 is 11.8 Å². The van der Waals surface area contributed by atoms with E-state index in [1.165, 1.54) is 11.8 Å². The molecule has 5 heteroatoms. The van der Waals surface area contributed by atoms with E-state index < -0.39 is 17.4 Å². The number of carboxylic acids is 2. The van der Waals surface area contributed by atoms with Crippen LogP contribution in [-0.2, 0) is 9.59 Å². The number of carboxylic acid groups (broad SMARTS) is 2. The largest absolute Gasteiger partial charge is 0.550 e. The predicted molar refractivity (Wildman–Crippen MR) is 55.0 cm³/mol. The number of carbonyl (C=O) groups is 2. The zero-order valence-electron chi connectivity index (χ0n) is 9.08. The fraction of sp³-hybridized carbons (Fsp3) is 0.800. The van der Waals surface area contributed by atoms with Crippen molar-refractivity contribution in [3.8, 4) is 0 Å². The van der Waals surface area contributed by atoms with Gasteiger partial charge in [0.05, 0.1) is 0 Å². The van der Waals surface area contributed by atoms with E-state index in [0.717, 1.165) is 0 Å². The maximum atomic E-state index is 11.0. The molecule has 0 aromatic carbocycles. The topological polar surface area (TPSA) is 80.3 Å². The Morgan fingerprint density at radius 1 is 1.20 bits per heavy atom. The second kappa shape index (κ2) is 6.71. The number of thioether (sulfide) groups is 1. The Morgan fingerprint density at radius 3 is 2.07 bits per heavy atom. The number of hydrogen-bond donors (Lipinski definition) is 0. The fourth-order valence-electron chi connectivity index (χ4n) is 1.22. The Morgan fingerprint density at radius 2 is 1.73 bits per heavy atom. The minimum absolute atomic E-state index is 0.0405.